The van der Waals surface area contributed by atoms with E-state index in [1.165, 1.54) is 10.6 Å². The fourth-order valence-electron chi connectivity index (χ4n) is 4.53. The number of benzene rings is 3. The second-order valence-electron chi connectivity index (χ2n) is 9.78. The van der Waals surface area contributed by atoms with Gasteiger partial charge in [-0.05, 0) is 43.0 Å². The van der Waals surface area contributed by atoms with E-state index in [0.29, 0.717) is 25.1 Å². The standard InChI is InChI=1S/C31H39N3O4S/c1-4-20-32-31(36)29(23-26-14-7-5-8-15-26)33(24-27-16-11-13-25(2)22-27)30(35)19-12-21-34(39(3,37)38)28-17-9-6-10-18-28/h5-11,13-18,22,29H,4,12,19-21,23-24H2,1-3H3,(H,32,36). The van der Waals surface area contributed by atoms with E-state index in [0.717, 1.165) is 23.1 Å². The molecule has 0 fully saturated rings. The largest absolute Gasteiger partial charge is 0.354 e. The summed E-state index contributed by atoms with van der Waals surface area (Å²) in [6.07, 6.45) is 2.76. The molecule has 1 atom stereocenters. The van der Waals surface area contributed by atoms with E-state index < -0.39 is 16.1 Å². The zero-order valence-corrected chi connectivity index (χ0v) is 23.9. The van der Waals surface area contributed by atoms with Gasteiger partial charge in [0.05, 0.1) is 11.9 Å². The second kappa shape index (κ2) is 14.5. The number of rotatable bonds is 14. The van der Waals surface area contributed by atoms with E-state index in [-0.39, 0.29) is 31.3 Å². The van der Waals surface area contributed by atoms with Gasteiger partial charge in [-0.1, -0.05) is 85.3 Å². The first-order valence-electron chi connectivity index (χ1n) is 13.4. The van der Waals surface area contributed by atoms with Crippen molar-refractivity contribution < 1.29 is 18.0 Å². The quantitative estimate of drug-likeness (QED) is 0.316. The lowest BCUT2D eigenvalue weighted by Gasteiger charge is -2.32. The van der Waals surface area contributed by atoms with E-state index in [4.69, 9.17) is 0 Å². The van der Waals surface area contributed by atoms with Crippen LogP contribution in [0.5, 0.6) is 0 Å². The van der Waals surface area contributed by atoms with Gasteiger partial charge in [0.1, 0.15) is 6.04 Å². The van der Waals surface area contributed by atoms with Crippen LogP contribution in [0, 0.1) is 6.92 Å². The number of hydrogen-bond acceptors (Lipinski definition) is 4. The van der Waals surface area contributed by atoms with Crippen molar-refractivity contribution in [2.24, 2.45) is 0 Å². The maximum absolute atomic E-state index is 13.8. The number of hydrogen-bond donors (Lipinski definition) is 1. The first kappa shape index (κ1) is 29.9. The maximum atomic E-state index is 13.8. The third kappa shape index (κ3) is 9.25. The molecule has 3 aromatic rings. The van der Waals surface area contributed by atoms with Crippen LogP contribution in [-0.2, 0) is 32.6 Å². The van der Waals surface area contributed by atoms with Gasteiger partial charge in [-0.25, -0.2) is 8.42 Å². The normalized spacial score (nSPS) is 12.0. The molecule has 0 spiro atoms. The number of anilines is 1. The fourth-order valence-corrected chi connectivity index (χ4v) is 5.49. The molecule has 0 saturated heterocycles. The average Bonchev–Trinajstić information content (AvgIpc) is 2.92. The number of sulfonamides is 1. The molecule has 0 aliphatic rings. The Hall–Kier alpha value is -3.65. The molecule has 208 valence electrons. The topological polar surface area (TPSA) is 86.8 Å². The molecule has 0 aromatic heterocycles. The summed E-state index contributed by atoms with van der Waals surface area (Å²) in [6, 6.07) is 25.8. The van der Waals surface area contributed by atoms with Crippen molar-refractivity contribution in [1.82, 2.24) is 10.2 Å². The number of carbonyl (C=O) groups is 2. The van der Waals surface area contributed by atoms with Crippen LogP contribution in [0.4, 0.5) is 5.69 Å². The molecule has 3 rings (SSSR count). The van der Waals surface area contributed by atoms with Crippen molar-refractivity contribution in [3.8, 4) is 0 Å². The molecule has 0 saturated carbocycles. The van der Waals surface area contributed by atoms with Gasteiger partial charge in [-0.2, -0.15) is 0 Å². The van der Waals surface area contributed by atoms with Gasteiger partial charge in [0, 0.05) is 32.5 Å². The average molecular weight is 550 g/mol. The Morgan fingerprint density at radius 1 is 0.897 bits per heavy atom. The Labute approximate surface area is 232 Å². The molecule has 0 heterocycles. The molecular weight excluding hydrogens is 510 g/mol. The van der Waals surface area contributed by atoms with Crippen molar-refractivity contribution >= 4 is 27.5 Å². The van der Waals surface area contributed by atoms with Crippen LogP contribution < -0.4 is 9.62 Å². The smallest absolute Gasteiger partial charge is 0.243 e. The SMILES string of the molecule is CCCNC(=O)C(Cc1ccccc1)N(Cc1cccc(C)c1)C(=O)CCCN(c1ccccc1)S(C)(=O)=O. The number of para-hydroxylation sites is 1. The van der Waals surface area contributed by atoms with Crippen molar-refractivity contribution in [2.45, 2.75) is 52.1 Å². The minimum Gasteiger partial charge on any atom is -0.354 e. The summed E-state index contributed by atoms with van der Waals surface area (Å²) in [5, 5.41) is 2.98. The third-order valence-electron chi connectivity index (χ3n) is 6.45. The highest BCUT2D eigenvalue weighted by Crippen LogP contribution is 2.20. The van der Waals surface area contributed by atoms with Crippen molar-refractivity contribution in [3.63, 3.8) is 0 Å². The Morgan fingerprint density at radius 3 is 2.15 bits per heavy atom. The van der Waals surface area contributed by atoms with Gasteiger partial charge >= 0.3 is 0 Å². The van der Waals surface area contributed by atoms with Gasteiger partial charge in [-0.3, -0.25) is 13.9 Å². The maximum Gasteiger partial charge on any atom is 0.243 e. The third-order valence-corrected chi connectivity index (χ3v) is 7.65. The molecule has 0 bridgehead atoms. The highest BCUT2D eigenvalue weighted by atomic mass is 32.2. The minimum atomic E-state index is -3.53. The summed E-state index contributed by atoms with van der Waals surface area (Å²) >= 11 is 0. The van der Waals surface area contributed by atoms with E-state index in [1.54, 1.807) is 29.2 Å². The lowest BCUT2D eigenvalue weighted by Crippen LogP contribution is -2.50. The molecule has 0 aliphatic heterocycles. The summed E-state index contributed by atoms with van der Waals surface area (Å²) in [6.45, 7) is 4.96. The van der Waals surface area contributed by atoms with Crippen LogP contribution in [0.1, 0.15) is 42.9 Å². The summed E-state index contributed by atoms with van der Waals surface area (Å²) < 4.78 is 26.3. The Kier molecular flexibility index (Phi) is 11.1. The van der Waals surface area contributed by atoms with Crippen molar-refractivity contribution in [2.75, 3.05) is 23.7 Å². The van der Waals surface area contributed by atoms with Crippen LogP contribution in [0.2, 0.25) is 0 Å². The first-order valence-corrected chi connectivity index (χ1v) is 15.2. The second-order valence-corrected chi connectivity index (χ2v) is 11.7. The molecule has 7 nitrogen and oxygen atoms in total. The van der Waals surface area contributed by atoms with Gasteiger partial charge in [-0.15, -0.1) is 0 Å². The summed E-state index contributed by atoms with van der Waals surface area (Å²) in [5.41, 5.74) is 3.53. The Morgan fingerprint density at radius 2 is 1.54 bits per heavy atom. The minimum absolute atomic E-state index is 0.108. The lowest BCUT2D eigenvalue weighted by atomic mass is 10.0. The molecular formula is C31H39N3O4S. The molecule has 1 unspecified atom stereocenters. The van der Waals surface area contributed by atoms with Crippen LogP contribution in [0.15, 0.2) is 84.9 Å². The molecule has 39 heavy (non-hydrogen) atoms. The lowest BCUT2D eigenvalue weighted by molar-refractivity contribution is -0.141. The van der Waals surface area contributed by atoms with Crippen molar-refractivity contribution in [3.05, 3.63) is 102 Å². The first-order chi connectivity index (χ1) is 18.7. The number of aryl methyl sites for hydroxylation is 1. The summed E-state index contributed by atoms with van der Waals surface area (Å²) in [7, 11) is -3.53. The van der Waals surface area contributed by atoms with Crippen LogP contribution in [0.25, 0.3) is 0 Å². The van der Waals surface area contributed by atoms with Gasteiger partial charge in [0.25, 0.3) is 0 Å². The van der Waals surface area contributed by atoms with E-state index >= 15 is 0 Å². The van der Waals surface area contributed by atoms with Gasteiger partial charge in [0.2, 0.25) is 21.8 Å². The molecule has 2 amide bonds. The van der Waals surface area contributed by atoms with Crippen molar-refractivity contribution in [1.29, 1.82) is 0 Å². The van der Waals surface area contributed by atoms with E-state index in [9.17, 15) is 18.0 Å². The molecule has 3 aromatic carbocycles. The Bertz CT molecular complexity index is 1310. The number of amides is 2. The summed E-state index contributed by atoms with van der Waals surface area (Å²) in [5.74, 6) is -0.380. The zero-order valence-electron chi connectivity index (χ0n) is 23.0. The fraction of sp³-hybridized carbons (Fsp3) is 0.355. The summed E-state index contributed by atoms with van der Waals surface area (Å²) in [4.78, 5) is 28.9. The van der Waals surface area contributed by atoms with E-state index in [1.807, 2.05) is 74.5 Å². The monoisotopic (exact) mass is 549 g/mol. The zero-order chi connectivity index (χ0) is 28.3. The molecule has 8 heteroatoms. The number of nitrogens with one attached hydrogen (secondary N) is 1. The molecule has 0 aliphatic carbocycles. The predicted molar refractivity (Wildman–Crippen MR) is 157 cm³/mol. The number of nitrogens with zero attached hydrogens (tertiary/aromatic N) is 2. The van der Waals surface area contributed by atoms with Crippen LogP contribution in [0.3, 0.4) is 0 Å². The molecule has 0 radical (unpaired) electrons. The Balaban J connectivity index is 1.86. The highest BCUT2D eigenvalue weighted by molar-refractivity contribution is 7.92. The van der Waals surface area contributed by atoms with Crippen LogP contribution >= 0.6 is 0 Å². The van der Waals surface area contributed by atoms with Gasteiger partial charge < -0.3 is 10.2 Å². The number of carbonyl (C=O) groups excluding carboxylic acids is 2. The van der Waals surface area contributed by atoms with Gasteiger partial charge in [0.15, 0.2) is 0 Å². The van der Waals surface area contributed by atoms with Crippen LogP contribution in [-0.4, -0.2) is 50.5 Å². The van der Waals surface area contributed by atoms with E-state index in [2.05, 4.69) is 5.32 Å². The highest BCUT2D eigenvalue weighted by Gasteiger charge is 2.30. The molecule has 1 N–H and O–H groups in total. The predicted octanol–water partition coefficient (Wildman–Crippen LogP) is 4.71.